The molecule has 0 bridgehead atoms. The Balaban J connectivity index is 1.45. The van der Waals surface area contributed by atoms with Gasteiger partial charge in [0.25, 0.3) is 0 Å². The Morgan fingerprint density at radius 2 is 1.81 bits per heavy atom. The van der Waals surface area contributed by atoms with Crippen molar-refractivity contribution >= 4 is 16.9 Å². The molecule has 1 saturated heterocycles. The first-order valence-corrected chi connectivity index (χ1v) is 12.4. The van der Waals surface area contributed by atoms with Crippen LogP contribution in [0.15, 0.2) is 79.0 Å². The van der Waals surface area contributed by atoms with Gasteiger partial charge in [-0.05, 0) is 72.4 Å². The van der Waals surface area contributed by atoms with Gasteiger partial charge in [-0.25, -0.2) is 14.8 Å². The SMILES string of the molecule is COc1ccc(CCN(Cc2cnc3ccccc3c2)N2C(=O)NCC2c2ccc(C)c(C)c2)cc1. The van der Waals surface area contributed by atoms with E-state index in [1.54, 1.807) is 7.11 Å². The minimum Gasteiger partial charge on any atom is -0.497 e. The molecule has 184 valence electrons. The van der Waals surface area contributed by atoms with E-state index in [0.717, 1.165) is 34.2 Å². The number of fused-ring (bicyclic) bond motifs is 1. The average Bonchev–Trinajstić information content (AvgIpc) is 3.29. The molecule has 1 atom stereocenters. The Hall–Kier alpha value is -3.90. The number of nitrogens with one attached hydrogen (secondary N) is 1. The second kappa shape index (κ2) is 10.4. The van der Waals surface area contributed by atoms with Gasteiger partial charge in [0.2, 0.25) is 0 Å². The maximum atomic E-state index is 13.2. The lowest BCUT2D eigenvalue weighted by Crippen LogP contribution is -2.46. The Morgan fingerprint density at radius 1 is 1.00 bits per heavy atom. The van der Waals surface area contributed by atoms with E-state index in [2.05, 4.69) is 71.6 Å². The molecule has 0 saturated carbocycles. The molecule has 2 heterocycles. The van der Waals surface area contributed by atoms with Crippen molar-refractivity contribution < 1.29 is 9.53 Å². The van der Waals surface area contributed by atoms with Gasteiger partial charge >= 0.3 is 6.03 Å². The van der Waals surface area contributed by atoms with Crippen LogP contribution in [0.25, 0.3) is 10.9 Å². The van der Waals surface area contributed by atoms with Crippen LogP contribution in [0.5, 0.6) is 5.75 Å². The summed E-state index contributed by atoms with van der Waals surface area (Å²) in [5.41, 5.74) is 6.86. The summed E-state index contributed by atoms with van der Waals surface area (Å²) in [7, 11) is 1.67. The van der Waals surface area contributed by atoms with Crippen molar-refractivity contribution in [2.75, 3.05) is 20.2 Å². The number of urea groups is 1. The lowest BCUT2D eigenvalue weighted by molar-refractivity contribution is -0.00646. The monoisotopic (exact) mass is 480 g/mol. The summed E-state index contributed by atoms with van der Waals surface area (Å²) in [6.07, 6.45) is 2.72. The van der Waals surface area contributed by atoms with Gasteiger partial charge in [0.05, 0.1) is 18.7 Å². The third-order valence-corrected chi connectivity index (χ3v) is 7.00. The summed E-state index contributed by atoms with van der Waals surface area (Å²) < 4.78 is 5.31. The van der Waals surface area contributed by atoms with Crippen LogP contribution in [-0.4, -0.2) is 41.2 Å². The van der Waals surface area contributed by atoms with Crippen LogP contribution < -0.4 is 10.1 Å². The summed E-state index contributed by atoms with van der Waals surface area (Å²) in [6, 6.07) is 24.8. The number of benzene rings is 3. The number of nitrogens with zero attached hydrogens (tertiary/aromatic N) is 3. The van der Waals surface area contributed by atoms with Crippen LogP contribution >= 0.6 is 0 Å². The molecule has 36 heavy (non-hydrogen) atoms. The quantitative estimate of drug-likeness (QED) is 0.357. The smallest absolute Gasteiger partial charge is 0.332 e. The van der Waals surface area contributed by atoms with Crippen molar-refractivity contribution in [3.8, 4) is 5.75 Å². The minimum absolute atomic E-state index is 0.0679. The first kappa shape index (κ1) is 23.8. The highest BCUT2D eigenvalue weighted by Gasteiger charge is 2.36. The van der Waals surface area contributed by atoms with Crippen LogP contribution in [0.3, 0.4) is 0 Å². The van der Waals surface area contributed by atoms with Gasteiger partial charge in [0, 0.05) is 31.2 Å². The van der Waals surface area contributed by atoms with E-state index in [1.165, 1.54) is 16.7 Å². The average molecular weight is 481 g/mol. The van der Waals surface area contributed by atoms with Crippen LogP contribution in [0.4, 0.5) is 4.79 Å². The largest absolute Gasteiger partial charge is 0.497 e. The summed E-state index contributed by atoms with van der Waals surface area (Å²) in [4.78, 5) is 17.8. The number of carbonyl (C=O) groups is 1. The molecule has 6 nitrogen and oxygen atoms in total. The molecule has 1 unspecified atom stereocenters. The number of para-hydroxylation sites is 1. The van der Waals surface area contributed by atoms with E-state index in [4.69, 9.17) is 4.74 Å². The maximum Gasteiger partial charge on any atom is 0.332 e. The molecule has 1 fully saturated rings. The van der Waals surface area contributed by atoms with E-state index < -0.39 is 0 Å². The molecular weight excluding hydrogens is 448 g/mol. The lowest BCUT2D eigenvalue weighted by Gasteiger charge is -2.35. The second-order valence-electron chi connectivity index (χ2n) is 9.41. The summed E-state index contributed by atoms with van der Waals surface area (Å²) in [5, 5.41) is 8.24. The van der Waals surface area contributed by atoms with E-state index in [-0.39, 0.29) is 12.1 Å². The molecule has 1 N–H and O–H groups in total. The first-order chi connectivity index (χ1) is 17.5. The molecule has 0 spiro atoms. The normalized spacial score (nSPS) is 15.5. The molecule has 5 rings (SSSR count). The molecular formula is C30H32N4O2. The Bertz CT molecular complexity index is 1370. The van der Waals surface area contributed by atoms with Crippen LogP contribution in [0.2, 0.25) is 0 Å². The number of pyridine rings is 1. The van der Waals surface area contributed by atoms with Gasteiger partial charge in [-0.15, -0.1) is 0 Å². The van der Waals surface area contributed by atoms with Gasteiger partial charge < -0.3 is 10.1 Å². The van der Waals surface area contributed by atoms with Crippen molar-refractivity contribution in [1.29, 1.82) is 0 Å². The molecule has 6 heteroatoms. The van der Waals surface area contributed by atoms with Gasteiger partial charge in [-0.1, -0.05) is 48.5 Å². The summed E-state index contributed by atoms with van der Waals surface area (Å²) >= 11 is 0. The number of hydrogen-bond acceptors (Lipinski definition) is 4. The molecule has 1 aliphatic heterocycles. The highest BCUT2D eigenvalue weighted by molar-refractivity contribution is 5.79. The maximum absolute atomic E-state index is 13.2. The molecule has 2 amide bonds. The van der Waals surface area contributed by atoms with Crippen molar-refractivity contribution in [1.82, 2.24) is 20.3 Å². The lowest BCUT2D eigenvalue weighted by atomic mass is 10.0. The number of carbonyl (C=O) groups excluding carboxylic acids is 1. The number of amides is 2. The Kier molecular flexibility index (Phi) is 6.87. The summed E-state index contributed by atoms with van der Waals surface area (Å²) in [5.74, 6) is 0.839. The van der Waals surface area contributed by atoms with Crippen molar-refractivity contribution in [3.63, 3.8) is 0 Å². The number of ether oxygens (including phenoxy) is 1. The molecule has 1 aliphatic rings. The molecule has 4 aromatic rings. The number of methoxy groups -OCH3 is 1. The van der Waals surface area contributed by atoms with Gasteiger partial charge in [0.1, 0.15) is 5.75 Å². The fourth-order valence-electron chi connectivity index (χ4n) is 4.78. The van der Waals surface area contributed by atoms with Gasteiger partial charge in [0.15, 0.2) is 0 Å². The van der Waals surface area contributed by atoms with E-state index in [9.17, 15) is 4.79 Å². The first-order valence-electron chi connectivity index (χ1n) is 12.4. The topological polar surface area (TPSA) is 57.7 Å². The zero-order chi connectivity index (χ0) is 25.1. The predicted octanol–water partition coefficient (Wildman–Crippen LogP) is 5.59. The molecule has 0 radical (unpaired) electrons. The Morgan fingerprint density at radius 3 is 2.58 bits per heavy atom. The third kappa shape index (κ3) is 5.04. The van der Waals surface area contributed by atoms with Crippen LogP contribution in [-0.2, 0) is 13.0 Å². The van der Waals surface area contributed by atoms with Gasteiger partial charge in [-0.2, -0.15) is 0 Å². The molecule has 1 aromatic heterocycles. The highest BCUT2D eigenvalue weighted by Crippen LogP contribution is 2.29. The highest BCUT2D eigenvalue weighted by atomic mass is 16.5. The second-order valence-corrected chi connectivity index (χ2v) is 9.41. The van der Waals surface area contributed by atoms with Crippen LogP contribution in [0, 0.1) is 13.8 Å². The zero-order valence-corrected chi connectivity index (χ0v) is 21.1. The minimum atomic E-state index is -0.0684. The molecule has 0 aliphatic carbocycles. The third-order valence-electron chi connectivity index (χ3n) is 7.00. The number of hydrazine groups is 1. The van der Waals surface area contributed by atoms with Crippen LogP contribution in [0.1, 0.15) is 33.9 Å². The standard InChI is InChI=1S/C30H32N4O2/c1-21-8-11-26(16-22(21)2)29-19-32-30(35)34(29)33(15-14-23-9-12-27(36-3)13-10-23)20-24-17-25-6-4-5-7-28(25)31-18-24/h4-13,16-18,29H,14-15,19-20H2,1-3H3,(H,32,35). The molecule has 3 aromatic carbocycles. The number of aromatic nitrogens is 1. The van der Waals surface area contributed by atoms with E-state index in [0.29, 0.717) is 19.6 Å². The van der Waals surface area contributed by atoms with E-state index in [1.807, 2.05) is 41.5 Å². The van der Waals surface area contributed by atoms with Gasteiger partial charge in [-0.3, -0.25) is 4.98 Å². The van der Waals surface area contributed by atoms with Crippen molar-refractivity contribution in [2.45, 2.75) is 32.9 Å². The van der Waals surface area contributed by atoms with Crippen molar-refractivity contribution in [3.05, 3.63) is 107 Å². The number of hydrogen-bond donors (Lipinski definition) is 1. The predicted molar refractivity (Wildman–Crippen MR) is 143 cm³/mol. The number of aryl methyl sites for hydroxylation is 2. The fourth-order valence-corrected chi connectivity index (χ4v) is 4.78. The van der Waals surface area contributed by atoms with E-state index >= 15 is 0 Å². The Labute approximate surface area is 212 Å². The zero-order valence-electron chi connectivity index (χ0n) is 21.1. The fraction of sp³-hybridized carbons (Fsp3) is 0.267. The van der Waals surface area contributed by atoms with Crippen molar-refractivity contribution in [2.24, 2.45) is 0 Å². The number of rotatable bonds is 8. The summed E-state index contributed by atoms with van der Waals surface area (Å²) in [6.45, 7) is 6.09.